The molecule has 0 aliphatic heterocycles. The van der Waals surface area contributed by atoms with Gasteiger partial charge in [-0.05, 0) is 37.1 Å². The lowest BCUT2D eigenvalue weighted by Gasteiger charge is -2.13. The number of nitrogens with one attached hydrogen (secondary N) is 1. The van der Waals surface area contributed by atoms with Crippen LogP contribution in [-0.2, 0) is 6.54 Å². The third kappa shape index (κ3) is 3.13. The minimum atomic E-state index is -0.481. The van der Waals surface area contributed by atoms with Crippen LogP contribution in [0.15, 0.2) is 41.6 Å². The smallest absolute Gasteiger partial charge is 0.173 e. The summed E-state index contributed by atoms with van der Waals surface area (Å²) in [6.45, 7) is 4.36. The van der Waals surface area contributed by atoms with Crippen LogP contribution in [0.25, 0.3) is 0 Å². The second kappa shape index (κ2) is 6.26. The van der Waals surface area contributed by atoms with E-state index in [0.717, 1.165) is 11.3 Å². The maximum atomic E-state index is 14.3. The van der Waals surface area contributed by atoms with E-state index in [1.807, 2.05) is 32.0 Å². The summed E-state index contributed by atoms with van der Waals surface area (Å²) in [5.74, 6) is -0.716. The Labute approximate surface area is 123 Å². The number of amidine groups is 1. The Kier molecular flexibility index (Phi) is 4.42. The summed E-state index contributed by atoms with van der Waals surface area (Å²) < 4.78 is 14.3. The molecule has 2 aromatic rings. The molecule has 21 heavy (non-hydrogen) atoms. The Balaban J connectivity index is 2.23. The summed E-state index contributed by atoms with van der Waals surface area (Å²) >= 11 is 0. The number of rotatable bonds is 4. The van der Waals surface area contributed by atoms with Crippen LogP contribution in [-0.4, -0.2) is 11.0 Å². The molecule has 0 saturated heterocycles. The zero-order valence-corrected chi connectivity index (χ0v) is 12.0. The first-order valence-electron chi connectivity index (χ1n) is 6.60. The predicted octanol–water partition coefficient (Wildman–Crippen LogP) is 3.15. The first-order chi connectivity index (χ1) is 10.0. The van der Waals surface area contributed by atoms with Crippen LogP contribution in [0.1, 0.15) is 22.3 Å². The summed E-state index contributed by atoms with van der Waals surface area (Å²) in [4.78, 5) is 0. The molecule has 0 radical (unpaired) electrons. The topological polar surface area (TPSA) is 70.6 Å². The molecule has 0 bridgehead atoms. The van der Waals surface area contributed by atoms with E-state index in [1.165, 1.54) is 11.6 Å². The summed E-state index contributed by atoms with van der Waals surface area (Å²) in [6, 6.07) is 10.8. The van der Waals surface area contributed by atoms with E-state index < -0.39 is 5.82 Å². The van der Waals surface area contributed by atoms with Crippen LogP contribution in [0.2, 0.25) is 0 Å². The molecule has 0 aliphatic carbocycles. The van der Waals surface area contributed by atoms with Crippen molar-refractivity contribution in [3.8, 4) is 0 Å². The number of anilines is 1. The van der Waals surface area contributed by atoms with Crippen LogP contribution in [0.5, 0.6) is 0 Å². The summed E-state index contributed by atoms with van der Waals surface area (Å²) in [6.07, 6.45) is 0. The molecule has 2 aromatic carbocycles. The number of halogens is 1. The van der Waals surface area contributed by atoms with E-state index in [0.29, 0.717) is 12.1 Å². The van der Waals surface area contributed by atoms with Crippen molar-refractivity contribution in [1.82, 2.24) is 0 Å². The quantitative estimate of drug-likeness (QED) is 0.350. The normalized spacial score (nSPS) is 11.5. The van der Waals surface area contributed by atoms with E-state index in [1.54, 1.807) is 12.1 Å². The van der Waals surface area contributed by atoms with Gasteiger partial charge in [0, 0.05) is 17.8 Å². The largest absolute Gasteiger partial charge is 0.409 e. The van der Waals surface area contributed by atoms with Gasteiger partial charge in [-0.1, -0.05) is 29.4 Å². The van der Waals surface area contributed by atoms with Gasteiger partial charge in [0.1, 0.15) is 5.82 Å². The Hall–Kier alpha value is -2.56. The van der Waals surface area contributed by atoms with E-state index in [4.69, 9.17) is 10.9 Å². The number of benzene rings is 2. The van der Waals surface area contributed by atoms with E-state index in [-0.39, 0.29) is 11.4 Å². The fourth-order valence-corrected chi connectivity index (χ4v) is 2.10. The van der Waals surface area contributed by atoms with Crippen LogP contribution in [0.3, 0.4) is 0 Å². The van der Waals surface area contributed by atoms with E-state index in [2.05, 4.69) is 10.5 Å². The van der Waals surface area contributed by atoms with Crippen LogP contribution < -0.4 is 11.1 Å². The van der Waals surface area contributed by atoms with Gasteiger partial charge in [0.05, 0.1) is 5.56 Å². The van der Waals surface area contributed by atoms with Crippen molar-refractivity contribution in [2.24, 2.45) is 10.9 Å². The molecule has 0 fully saturated rings. The van der Waals surface area contributed by atoms with Gasteiger partial charge >= 0.3 is 0 Å². The van der Waals surface area contributed by atoms with Crippen molar-refractivity contribution in [3.63, 3.8) is 0 Å². The highest BCUT2D eigenvalue weighted by Crippen LogP contribution is 2.20. The number of nitrogens with zero attached hydrogens (tertiary/aromatic N) is 1. The molecule has 0 unspecified atom stereocenters. The monoisotopic (exact) mass is 287 g/mol. The van der Waals surface area contributed by atoms with Gasteiger partial charge in [-0.3, -0.25) is 0 Å². The molecule has 0 saturated carbocycles. The minimum Gasteiger partial charge on any atom is -0.409 e. The molecule has 5 heteroatoms. The van der Waals surface area contributed by atoms with Crippen LogP contribution >= 0.6 is 0 Å². The first-order valence-corrected chi connectivity index (χ1v) is 6.60. The Morgan fingerprint density at radius 2 is 1.95 bits per heavy atom. The summed E-state index contributed by atoms with van der Waals surface area (Å²) in [5, 5.41) is 14.7. The lowest BCUT2D eigenvalue weighted by atomic mass is 10.1. The number of oxime groups is 1. The second-order valence-corrected chi connectivity index (χ2v) is 4.86. The highest BCUT2D eigenvalue weighted by atomic mass is 19.1. The standard InChI is InChI=1S/C16H18FN3O/c1-10-5-3-8-14(11(10)2)19-9-12-6-4-7-13(15(12)17)16(18)20-21/h3-8,19,21H,9H2,1-2H3,(H2,18,20). The molecule has 4 N–H and O–H groups in total. The molecule has 0 spiro atoms. The first kappa shape index (κ1) is 14.8. The Bertz CT molecular complexity index is 683. The maximum absolute atomic E-state index is 14.3. The zero-order chi connectivity index (χ0) is 15.4. The SMILES string of the molecule is Cc1cccc(NCc2cccc(/C(N)=N/O)c2F)c1C. The second-order valence-electron chi connectivity index (χ2n) is 4.86. The van der Waals surface area contributed by atoms with Crippen molar-refractivity contribution < 1.29 is 9.60 Å². The molecular formula is C16H18FN3O. The molecule has 0 amide bonds. The summed E-state index contributed by atoms with van der Waals surface area (Å²) in [5.41, 5.74) is 9.27. The van der Waals surface area contributed by atoms with Crippen LogP contribution in [0, 0.1) is 19.7 Å². The molecule has 2 rings (SSSR count). The molecular weight excluding hydrogens is 269 g/mol. The lowest BCUT2D eigenvalue weighted by molar-refractivity contribution is 0.318. The minimum absolute atomic E-state index is 0.0952. The molecule has 0 aromatic heterocycles. The number of aryl methyl sites for hydroxylation is 1. The van der Waals surface area contributed by atoms with Crippen molar-refractivity contribution in [2.75, 3.05) is 5.32 Å². The molecule has 4 nitrogen and oxygen atoms in total. The maximum Gasteiger partial charge on any atom is 0.173 e. The Morgan fingerprint density at radius 1 is 1.24 bits per heavy atom. The molecule has 110 valence electrons. The van der Waals surface area contributed by atoms with Gasteiger partial charge in [-0.15, -0.1) is 0 Å². The van der Waals surface area contributed by atoms with E-state index >= 15 is 0 Å². The fourth-order valence-electron chi connectivity index (χ4n) is 2.10. The van der Waals surface area contributed by atoms with Crippen molar-refractivity contribution in [1.29, 1.82) is 0 Å². The Morgan fingerprint density at radius 3 is 2.67 bits per heavy atom. The predicted molar refractivity (Wildman–Crippen MR) is 82.2 cm³/mol. The molecule has 0 heterocycles. The third-order valence-electron chi connectivity index (χ3n) is 3.54. The van der Waals surface area contributed by atoms with Crippen molar-refractivity contribution >= 4 is 11.5 Å². The van der Waals surface area contributed by atoms with Gasteiger partial charge in [-0.2, -0.15) is 0 Å². The van der Waals surface area contributed by atoms with Crippen molar-refractivity contribution in [3.05, 3.63) is 64.5 Å². The molecule has 0 aliphatic rings. The van der Waals surface area contributed by atoms with Crippen LogP contribution in [0.4, 0.5) is 10.1 Å². The average Bonchev–Trinajstić information content (AvgIpc) is 2.49. The van der Waals surface area contributed by atoms with E-state index in [9.17, 15) is 4.39 Å². The van der Waals surface area contributed by atoms with Gasteiger partial charge in [0.2, 0.25) is 0 Å². The third-order valence-corrected chi connectivity index (χ3v) is 3.54. The zero-order valence-electron chi connectivity index (χ0n) is 12.0. The fraction of sp³-hybridized carbons (Fsp3) is 0.188. The number of nitrogens with two attached hydrogens (primary N) is 1. The van der Waals surface area contributed by atoms with Gasteiger partial charge in [0.25, 0.3) is 0 Å². The van der Waals surface area contributed by atoms with Gasteiger partial charge < -0.3 is 16.3 Å². The number of hydrogen-bond acceptors (Lipinski definition) is 3. The highest BCUT2D eigenvalue weighted by Gasteiger charge is 2.11. The number of hydrogen-bond donors (Lipinski definition) is 3. The van der Waals surface area contributed by atoms with Gasteiger partial charge in [0.15, 0.2) is 5.84 Å². The molecule has 0 atom stereocenters. The lowest BCUT2D eigenvalue weighted by Crippen LogP contribution is -2.16. The van der Waals surface area contributed by atoms with Crippen molar-refractivity contribution in [2.45, 2.75) is 20.4 Å². The average molecular weight is 287 g/mol. The summed E-state index contributed by atoms with van der Waals surface area (Å²) in [7, 11) is 0. The highest BCUT2D eigenvalue weighted by molar-refractivity contribution is 5.97. The van der Waals surface area contributed by atoms with Gasteiger partial charge in [-0.25, -0.2) is 4.39 Å².